The Labute approximate surface area is 97.1 Å². The first kappa shape index (κ1) is 10.8. The second-order valence-electron chi connectivity index (χ2n) is 3.37. The third-order valence-electron chi connectivity index (χ3n) is 2.21. The fraction of sp³-hybridized carbons (Fsp3) is 0.0909. The van der Waals surface area contributed by atoms with Crippen molar-refractivity contribution in [3.8, 4) is 6.07 Å². The molecule has 0 fully saturated rings. The predicted octanol–water partition coefficient (Wildman–Crippen LogP) is 0.399. The average molecular weight is 227 g/mol. The molecule has 1 aromatic carbocycles. The highest BCUT2D eigenvalue weighted by Gasteiger charge is 2.10. The number of carbonyl (C=O) groups is 1. The molecule has 84 valence electrons. The number of anilines is 1. The molecule has 0 aliphatic rings. The van der Waals surface area contributed by atoms with Gasteiger partial charge in [0.15, 0.2) is 5.69 Å². The van der Waals surface area contributed by atoms with Gasteiger partial charge in [0.2, 0.25) is 5.91 Å². The summed E-state index contributed by atoms with van der Waals surface area (Å²) in [4.78, 5) is 10.7. The number of primary amides is 1. The molecule has 0 saturated carbocycles. The number of aromatic nitrogens is 2. The Morgan fingerprint density at radius 2 is 2.18 bits per heavy atom. The number of fused-ring (bicyclic) bond motifs is 1. The van der Waals surface area contributed by atoms with Crippen LogP contribution in [0.4, 0.5) is 5.69 Å². The summed E-state index contributed by atoms with van der Waals surface area (Å²) in [6.45, 7) is -0.0512. The second kappa shape index (κ2) is 4.45. The van der Waals surface area contributed by atoms with Crippen molar-refractivity contribution in [1.82, 2.24) is 10.2 Å². The van der Waals surface area contributed by atoms with E-state index in [4.69, 9.17) is 11.0 Å². The van der Waals surface area contributed by atoms with Gasteiger partial charge in [-0.1, -0.05) is 18.2 Å². The van der Waals surface area contributed by atoms with E-state index in [1.807, 2.05) is 18.2 Å². The van der Waals surface area contributed by atoms with E-state index in [1.165, 1.54) is 0 Å². The molecule has 0 aliphatic heterocycles. The standard InChI is InChI=1S/C11H9N5O/c12-5-9-11(14-6-10(13)17)7-3-1-2-4-8(7)15-16-9/h1-4H,6H2,(H2,13,17)(H,14,15). The molecule has 0 unspecified atom stereocenters. The molecule has 17 heavy (non-hydrogen) atoms. The third kappa shape index (κ3) is 2.13. The lowest BCUT2D eigenvalue weighted by molar-refractivity contribution is -0.116. The maximum atomic E-state index is 10.7. The minimum atomic E-state index is -0.505. The monoisotopic (exact) mass is 227 g/mol. The SMILES string of the molecule is N#Cc1nnc2ccccc2c1NCC(N)=O. The quantitative estimate of drug-likeness (QED) is 0.789. The van der Waals surface area contributed by atoms with Gasteiger partial charge in [0, 0.05) is 5.39 Å². The van der Waals surface area contributed by atoms with Crippen LogP contribution < -0.4 is 11.1 Å². The number of amides is 1. The molecule has 0 spiro atoms. The second-order valence-corrected chi connectivity index (χ2v) is 3.37. The molecule has 1 amide bonds. The molecule has 3 N–H and O–H groups in total. The molecule has 2 rings (SSSR count). The van der Waals surface area contributed by atoms with Gasteiger partial charge in [-0.15, -0.1) is 10.2 Å². The van der Waals surface area contributed by atoms with Gasteiger partial charge in [-0.25, -0.2) is 0 Å². The number of nitrogens with one attached hydrogen (secondary N) is 1. The van der Waals surface area contributed by atoms with Crippen molar-refractivity contribution in [1.29, 1.82) is 5.26 Å². The van der Waals surface area contributed by atoms with Crippen LogP contribution in [0.15, 0.2) is 24.3 Å². The van der Waals surface area contributed by atoms with E-state index in [1.54, 1.807) is 12.1 Å². The predicted molar refractivity (Wildman–Crippen MR) is 61.9 cm³/mol. The highest BCUT2D eigenvalue weighted by Crippen LogP contribution is 2.23. The van der Waals surface area contributed by atoms with Gasteiger partial charge in [-0.05, 0) is 6.07 Å². The van der Waals surface area contributed by atoms with Crippen LogP contribution in [0.3, 0.4) is 0 Å². The maximum absolute atomic E-state index is 10.7. The summed E-state index contributed by atoms with van der Waals surface area (Å²) >= 11 is 0. The van der Waals surface area contributed by atoms with E-state index in [9.17, 15) is 4.79 Å². The largest absolute Gasteiger partial charge is 0.373 e. The highest BCUT2D eigenvalue weighted by atomic mass is 16.1. The van der Waals surface area contributed by atoms with Gasteiger partial charge >= 0.3 is 0 Å². The van der Waals surface area contributed by atoms with E-state index < -0.39 is 5.91 Å². The van der Waals surface area contributed by atoms with Gasteiger partial charge in [0.05, 0.1) is 17.7 Å². The Hall–Kier alpha value is -2.68. The van der Waals surface area contributed by atoms with Gasteiger partial charge < -0.3 is 11.1 Å². The number of rotatable bonds is 3. The van der Waals surface area contributed by atoms with E-state index in [0.717, 1.165) is 5.39 Å². The summed E-state index contributed by atoms with van der Waals surface area (Å²) in [5.41, 5.74) is 6.33. The topological polar surface area (TPSA) is 105 Å². The zero-order valence-electron chi connectivity index (χ0n) is 8.84. The molecule has 1 aromatic heterocycles. The Kier molecular flexibility index (Phi) is 2.83. The summed E-state index contributed by atoms with van der Waals surface area (Å²) in [7, 11) is 0. The first-order valence-electron chi connectivity index (χ1n) is 4.90. The number of nitrogens with zero attached hydrogens (tertiary/aromatic N) is 3. The summed E-state index contributed by atoms with van der Waals surface area (Å²) < 4.78 is 0. The number of hydrogen-bond acceptors (Lipinski definition) is 5. The van der Waals surface area contributed by atoms with Crippen molar-refractivity contribution >= 4 is 22.5 Å². The molecule has 0 bridgehead atoms. The highest BCUT2D eigenvalue weighted by molar-refractivity contribution is 5.94. The molecule has 0 atom stereocenters. The van der Waals surface area contributed by atoms with Crippen molar-refractivity contribution in [3.63, 3.8) is 0 Å². The summed E-state index contributed by atoms with van der Waals surface area (Å²) in [6.07, 6.45) is 0. The minimum Gasteiger partial charge on any atom is -0.373 e. The number of hydrogen-bond donors (Lipinski definition) is 2. The normalized spacial score (nSPS) is 9.82. The van der Waals surface area contributed by atoms with E-state index >= 15 is 0 Å². The summed E-state index contributed by atoms with van der Waals surface area (Å²) in [5.74, 6) is -0.505. The van der Waals surface area contributed by atoms with Crippen molar-refractivity contribution in [2.45, 2.75) is 0 Å². The van der Waals surface area contributed by atoms with Crippen LogP contribution in [-0.2, 0) is 4.79 Å². The summed E-state index contributed by atoms with van der Waals surface area (Å²) in [6, 6.07) is 9.14. The summed E-state index contributed by atoms with van der Waals surface area (Å²) in [5, 5.41) is 20.2. The zero-order chi connectivity index (χ0) is 12.3. The number of nitrogens with two attached hydrogens (primary N) is 1. The Bertz CT molecular complexity index is 617. The number of nitriles is 1. The molecular weight excluding hydrogens is 218 g/mol. The van der Waals surface area contributed by atoms with Gasteiger partial charge in [-0.3, -0.25) is 4.79 Å². The lowest BCUT2D eigenvalue weighted by atomic mass is 10.1. The Morgan fingerprint density at radius 1 is 1.41 bits per heavy atom. The van der Waals surface area contributed by atoms with Crippen LogP contribution >= 0.6 is 0 Å². The molecular formula is C11H9N5O. The molecule has 6 heteroatoms. The first-order valence-corrected chi connectivity index (χ1v) is 4.90. The van der Waals surface area contributed by atoms with E-state index in [0.29, 0.717) is 11.2 Å². The molecule has 0 radical (unpaired) electrons. The number of benzene rings is 1. The van der Waals surface area contributed by atoms with Gasteiger partial charge in [-0.2, -0.15) is 5.26 Å². The smallest absolute Gasteiger partial charge is 0.236 e. The van der Waals surface area contributed by atoms with E-state index in [2.05, 4.69) is 15.5 Å². The fourth-order valence-corrected chi connectivity index (χ4v) is 1.49. The van der Waals surface area contributed by atoms with Gasteiger partial charge in [0.1, 0.15) is 6.07 Å². The van der Waals surface area contributed by atoms with Crippen molar-refractivity contribution in [3.05, 3.63) is 30.0 Å². The van der Waals surface area contributed by atoms with Crippen molar-refractivity contribution < 1.29 is 4.79 Å². The maximum Gasteiger partial charge on any atom is 0.236 e. The fourth-order valence-electron chi connectivity index (χ4n) is 1.49. The first-order chi connectivity index (χ1) is 8.22. The molecule has 0 saturated heterocycles. The van der Waals surface area contributed by atoms with Crippen LogP contribution in [0.2, 0.25) is 0 Å². The van der Waals surface area contributed by atoms with Crippen molar-refractivity contribution in [2.75, 3.05) is 11.9 Å². The van der Waals surface area contributed by atoms with Crippen LogP contribution in [0.5, 0.6) is 0 Å². The third-order valence-corrected chi connectivity index (χ3v) is 2.21. The molecule has 6 nitrogen and oxygen atoms in total. The van der Waals surface area contributed by atoms with Crippen LogP contribution in [0, 0.1) is 11.3 Å². The zero-order valence-corrected chi connectivity index (χ0v) is 8.84. The molecule has 1 heterocycles. The minimum absolute atomic E-state index is 0.0512. The lowest BCUT2D eigenvalue weighted by Gasteiger charge is -2.08. The Balaban J connectivity index is 2.55. The van der Waals surface area contributed by atoms with Crippen LogP contribution in [0.1, 0.15) is 5.69 Å². The molecule has 0 aliphatic carbocycles. The molecule has 2 aromatic rings. The Morgan fingerprint density at radius 3 is 2.88 bits per heavy atom. The van der Waals surface area contributed by atoms with Crippen LogP contribution in [-0.4, -0.2) is 22.6 Å². The average Bonchev–Trinajstić information content (AvgIpc) is 2.35. The van der Waals surface area contributed by atoms with E-state index in [-0.39, 0.29) is 12.2 Å². The van der Waals surface area contributed by atoms with Gasteiger partial charge in [0.25, 0.3) is 0 Å². The van der Waals surface area contributed by atoms with Crippen LogP contribution in [0.25, 0.3) is 10.9 Å². The van der Waals surface area contributed by atoms with Crippen molar-refractivity contribution in [2.24, 2.45) is 5.73 Å². The lowest BCUT2D eigenvalue weighted by Crippen LogP contribution is -2.22. The number of carbonyl (C=O) groups excluding carboxylic acids is 1.